The van der Waals surface area contributed by atoms with E-state index in [1.54, 1.807) is 13.3 Å². The molecule has 0 saturated carbocycles. The first-order valence-corrected chi connectivity index (χ1v) is 8.51. The number of fused-ring (bicyclic) bond motifs is 1. The number of hydrogen-bond acceptors (Lipinski definition) is 3. The largest absolute Gasteiger partial charge is 0.497 e. The minimum absolute atomic E-state index is 0.0696. The maximum absolute atomic E-state index is 12.6. The van der Waals surface area contributed by atoms with Crippen LogP contribution in [0.2, 0.25) is 0 Å². The number of benzene rings is 1. The molecule has 0 unspecified atom stereocenters. The van der Waals surface area contributed by atoms with Gasteiger partial charge in [0.25, 0.3) is 0 Å². The Balaban J connectivity index is 2.48. The van der Waals surface area contributed by atoms with E-state index in [4.69, 9.17) is 4.74 Å². The normalized spacial score (nSPS) is 11.6. The van der Waals surface area contributed by atoms with Gasteiger partial charge in [-0.25, -0.2) is 0 Å². The van der Waals surface area contributed by atoms with Crippen molar-refractivity contribution in [2.24, 2.45) is 5.41 Å². The Morgan fingerprint density at radius 2 is 1.88 bits per heavy atom. The Morgan fingerprint density at radius 1 is 1.20 bits per heavy atom. The second-order valence-corrected chi connectivity index (χ2v) is 7.61. The number of ether oxygens (including phenoxy) is 1. The fourth-order valence-corrected chi connectivity index (χ4v) is 2.61. The summed E-state index contributed by atoms with van der Waals surface area (Å²) < 4.78 is 7.16. The lowest BCUT2D eigenvalue weighted by Gasteiger charge is -2.17. The molecule has 0 spiro atoms. The van der Waals surface area contributed by atoms with Gasteiger partial charge in [-0.3, -0.25) is 9.59 Å². The molecule has 1 heterocycles. The van der Waals surface area contributed by atoms with Gasteiger partial charge >= 0.3 is 0 Å². The Labute approximate surface area is 149 Å². The van der Waals surface area contributed by atoms with Gasteiger partial charge in [0.2, 0.25) is 0 Å². The third-order valence-electron chi connectivity index (χ3n) is 4.32. The SMILES string of the molecule is C=C(C)CCC(=O)c1cn(CC(=O)C(C)(C)C)c2cc(OC)ccc12. The van der Waals surface area contributed by atoms with Gasteiger partial charge < -0.3 is 9.30 Å². The second kappa shape index (κ2) is 7.26. The summed E-state index contributed by atoms with van der Waals surface area (Å²) in [5.41, 5.74) is 2.05. The van der Waals surface area contributed by atoms with Crippen molar-refractivity contribution in [3.05, 3.63) is 42.1 Å². The highest BCUT2D eigenvalue weighted by Gasteiger charge is 2.23. The molecule has 0 bridgehead atoms. The molecule has 0 aliphatic heterocycles. The summed E-state index contributed by atoms with van der Waals surface area (Å²) >= 11 is 0. The van der Waals surface area contributed by atoms with E-state index in [9.17, 15) is 9.59 Å². The first-order chi connectivity index (χ1) is 11.6. The van der Waals surface area contributed by atoms with E-state index in [-0.39, 0.29) is 18.1 Å². The Morgan fingerprint density at radius 3 is 2.44 bits per heavy atom. The van der Waals surface area contributed by atoms with E-state index in [2.05, 4.69) is 6.58 Å². The van der Waals surface area contributed by atoms with Crippen LogP contribution in [0.1, 0.15) is 50.9 Å². The summed E-state index contributed by atoms with van der Waals surface area (Å²) in [5.74, 6) is 0.893. The molecular weight excluding hydrogens is 314 g/mol. The van der Waals surface area contributed by atoms with Crippen molar-refractivity contribution in [2.45, 2.75) is 47.1 Å². The zero-order chi connectivity index (χ0) is 18.8. The summed E-state index contributed by atoms with van der Waals surface area (Å²) in [6, 6.07) is 5.61. The number of allylic oxidation sites excluding steroid dienone is 1. The van der Waals surface area contributed by atoms with Crippen LogP contribution in [-0.4, -0.2) is 23.2 Å². The molecule has 0 saturated heterocycles. The van der Waals surface area contributed by atoms with Gasteiger partial charge in [0, 0.05) is 35.0 Å². The minimum atomic E-state index is -0.431. The van der Waals surface area contributed by atoms with E-state index in [0.717, 1.165) is 16.5 Å². The molecule has 1 aromatic heterocycles. The molecule has 0 fully saturated rings. The number of nitrogens with zero attached hydrogens (tertiary/aromatic N) is 1. The number of hydrogen-bond donors (Lipinski definition) is 0. The molecule has 134 valence electrons. The van der Waals surface area contributed by atoms with Crippen LogP contribution >= 0.6 is 0 Å². The van der Waals surface area contributed by atoms with Crippen molar-refractivity contribution in [2.75, 3.05) is 7.11 Å². The monoisotopic (exact) mass is 341 g/mol. The highest BCUT2D eigenvalue weighted by Crippen LogP contribution is 2.28. The van der Waals surface area contributed by atoms with E-state index in [0.29, 0.717) is 24.2 Å². The predicted octanol–water partition coefficient (Wildman–Crippen LogP) is 4.80. The van der Waals surface area contributed by atoms with Crippen LogP contribution in [0.4, 0.5) is 0 Å². The zero-order valence-electron chi connectivity index (χ0n) is 15.8. The van der Waals surface area contributed by atoms with Crippen molar-refractivity contribution >= 4 is 22.5 Å². The lowest BCUT2D eigenvalue weighted by atomic mass is 9.91. The quantitative estimate of drug-likeness (QED) is 0.536. The molecule has 0 aliphatic carbocycles. The highest BCUT2D eigenvalue weighted by molar-refractivity contribution is 6.08. The van der Waals surface area contributed by atoms with Crippen LogP contribution in [0.25, 0.3) is 10.9 Å². The minimum Gasteiger partial charge on any atom is -0.497 e. The Bertz CT molecular complexity index is 822. The van der Waals surface area contributed by atoms with Crippen molar-refractivity contribution in [3.8, 4) is 5.75 Å². The number of carbonyl (C=O) groups is 2. The van der Waals surface area contributed by atoms with Crippen molar-refractivity contribution < 1.29 is 14.3 Å². The molecule has 0 amide bonds. The van der Waals surface area contributed by atoms with Crippen LogP contribution < -0.4 is 4.74 Å². The molecule has 25 heavy (non-hydrogen) atoms. The Hall–Kier alpha value is -2.36. The fourth-order valence-electron chi connectivity index (χ4n) is 2.61. The number of carbonyl (C=O) groups excluding carboxylic acids is 2. The van der Waals surface area contributed by atoms with Crippen LogP contribution in [0.5, 0.6) is 5.75 Å². The van der Waals surface area contributed by atoms with E-state index >= 15 is 0 Å². The average molecular weight is 341 g/mol. The molecule has 2 rings (SSSR count). The van der Waals surface area contributed by atoms with Crippen molar-refractivity contribution in [1.82, 2.24) is 4.57 Å². The molecule has 0 N–H and O–H groups in total. The molecular formula is C21H27NO3. The lowest BCUT2D eigenvalue weighted by molar-refractivity contribution is -0.126. The molecule has 0 aliphatic rings. The van der Waals surface area contributed by atoms with E-state index < -0.39 is 5.41 Å². The molecule has 4 nitrogen and oxygen atoms in total. The second-order valence-electron chi connectivity index (χ2n) is 7.61. The topological polar surface area (TPSA) is 48.3 Å². The van der Waals surface area contributed by atoms with Crippen LogP contribution in [-0.2, 0) is 11.3 Å². The smallest absolute Gasteiger partial charge is 0.165 e. The maximum atomic E-state index is 12.6. The van der Waals surface area contributed by atoms with Crippen LogP contribution in [0, 0.1) is 5.41 Å². The summed E-state index contributed by atoms with van der Waals surface area (Å²) in [6.07, 6.45) is 2.89. The van der Waals surface area contributed by atoms with Gasteiger partial charge in [-0.1, -0.05) is 26.3 Å². The first-order valence-electron chi connectivity index (χ1n) is 8.51. The highest BCUT2D eigenvalue weighted by atomic mass is 16.5. The number of methoxy groups -OCH3 is 1. The summed E-state index contributed by atoms with van der Waals surface area (Å²) in [5, 5.41) is 0.856. The molecule has 1 aromatic carbocycles. The standard InChI is InChI=1S/C21H27NO3/c1-14(2)7-10-19(23)17-12-22(13-20(24)21(3,4)5)18-11-15(25-6)8-9-16(17)18/h8-9,11-12H,1,7,10,13H2,2-6H3. The molecule has 2 aromatic rings. The lowest BCUT2D eigenvalue weighted by Crippen LogP contribution is -2.24. The van der Waals surface area contributed by atoms with Gasteiger partial charge in [-0.05, 0) is 25.5 Å². The van der Waals surface area contributed by atoms with Gasteiger partial charge in [0.15, 0.2) is 11.6 Å². The van der Waals surface area contributed by atoms with E-state index in [1.165, 1.54) is 0 Å². The third kappa shape index (κ3) is 4.38. The van der Waals surface area contributed by atoms with Crippen LogP contribution in [0.3, 0.4) is 0 Å². The molecule has 4 heteroatoms. The summed E-state index contributed by atoms with van der Waals surface area (Å²) in [4.78, 5) is 25.1. The predicted molar refractivity (Wildman–Crippen MR) is 101 cm³/mol. The van der Waals surface area contributed by atoms with Crippen molar-refractivity contribution in [1.29, 1.82) is 0 Å². The van der Waals surface area contributed by atoms with Gasteiger partial charge in [0.05, 0.1) is 19.2 Å². The maximum Gasteiger partial charge on any atom is 0.165 e. The van der Waals surface area contributed by atoms with Crippen molar-refractivity contribution in [3.63, 3.8) is 0 Å². The number of aromatic nitrogens is 1. The van der Waals surface area contributed by atoms with E-state index in [1.807, 2.05) is 50.5 Å². The van der Waals surface area contributed by atoms with Gasteiger partial charge in [-0.15, -0.1) is 6.58 Å². The van der Waals surface area contributed by atoms with Crippen LogP contribution in [0.15, 0.2) is 36.5 Å². The number of ketones is 2. The Kier molecular flexibility index (Phi) is 5.51. The van der Waals surface area contributed by atoms with Gasteiger partial charge in [0.1, 0.15) is 5.75 Å². The third-order valence-corrected chi connectivity index (χ3v) is 4.32. The summed E-state index contributed by atoms with van der Waals surface area (Å²) in [6.45, 7) is 11.7. The average Bonchev–Trinajstić information content (AvgIpc) is 2.89. The number of rotatable bonds is 7. The zero-order valence-corrected chi connectivity index (χ0v) is 15.8. The molecule has 0 radical (unpaired) electrons. The first kappa shape index (κ1) is 19.0. The summed E-state index contributed by atoms with van der Waals surface area (Å²) in [7, 11) is 1.60. The fraction of sp³-hybridized carbons (Fsp3) is 0.429. The molecule has 0 atom stereocenters. The number of Topliss-reactive ketones (excluding diaryl/α,β-unsaturated/α-hetero) is 2. The van der Waals surface area contributed by atoms with Gasteiger partial charge in [-0.2, -0.15) is 0 Å².